The first kappa shape index (κ1) is 24.1. The average molecular weight is 435 g/mol. The molecule has 4 heteroatoms. The molecule has 3 aromatic rings. The Labute approximate surface area is 191 Å². The van der Waals surface area contributed by atoms with Crippen LogP contribution >= 0.6 is 0 Å². The van der Waals surface area contributed by atoms with Gasteiger partial charge in [-0.3, -0.25) is 4.98 Å². The van der Waals surface area contributed by atoms with Crippen LogP contribution < -0.4 is 5.32 Å². The summed E-state index contributed by atoms with van der Waals surface area (Å²) in [6.07, 6.45) is 4.87. The van der Waals surface area contributed by atoms with Gasteiger partial charge in [-0.2, -0.15) is 0 Å². The zero-order valence-corrected chi connectivity index (χ0v) is 19.7. The molecule has 0 aliphatic carbocycles. The number of hydrogen-bond acceptors (Lipinski definition) is 3. The van der Waals surface area contributed by atoms with Gasteiger partial charge in [0.05, 0.1) is 11.8 Å². The summed E-state index contributed by atoms with van der Waals surface area (Å²) in [5, 5.41) is 13.8. The van der Waals surface area contributed by atoms with Crippen LogP contribution in [0.25, 0.3) is 22.3 Å². The van der Waals surface area contributed by atoms with Crippen molar-refractivity contribution in [3.63, 3.8) is 0 Å². The third-order valence-electron chi connectivity index (χ3n) is 6.20. The molecule has 1 heterocycles. The second kappa shape index (κ2) is 11.3. The molecule has 0 aliphatic heterocycles. The summed E-state index contributed by atoms with van der Waals surface area (Å²) in [5.41, 5.74) is 5.98. The van der Waals surface area contributed by atoms with Crippen LogP contribution in [0.15, 0.2) is 54.7 Å². The quantitative estimate of drug-likeness (QED) is 0.385. The number of aliphatic hydroxyl groups excluding tert-OH is 1. The van der Waals surface area contributed by atoms with Crippen molar-refractivity contribution in [2.75, 3.05) is 0 Å². The molecule has 0 radical (unpaired) electrons. The molecule has 0 spiro atoms. The predicted molar refractivity (Wildman–Crippen MR) is 131 cm³/mol. The van der Waals surface area contributed by atoms with Crippen molar-refractivity contribution in [1.82, 2.24) is 10.3 Å². The van der Waals surface area contributed by atoms with E-state index in [1.54, 1.807) is 6.20 Å². The minimum Gasteiger partial charge on any atom is -0.392 e. The number of hydrogen-bond donors (Lipinski definition) is 2. The number of nitrogens with zero attached hydrogens (tertiary/aromatic N) is 1. The predicted octanol–water partition coefficient (Wildman–Crippen LogP) is 6.45. The molecule has 0 saturated heterocycles. The number of halogens is 1. The smallest absolute Gasteiger partial charge is 0.138 e. The maximum absolute atomic E-state index is 15.6. The van der Waals surface area contributed by atoms with E-state index in [1.165, 1.54) is 0 Å². The van der Waals surface area contributed by atoms with Gasteiger partial charge in [0.1, 0.15) is 5.82 Å². The van der Waals surface area contributed by atoms with Gasteiger partial charge in [-0.15, -0.1) is 0 Å². The van der Waals surface area contributed by atoms with Crippen molar-refractivity contribution in [2.45, 2.75) is 72.1 Å². The monoisotopic (exact) mass is 434 g/mol. The molecule has 2 aromatic carbocycles. The van der Waals surface area contributed by atoms with Crippen molar-refractivity contribution in [3.8, 4) is 22.3 Å². The average Bonchev–Trinajstić information content (AvgIpc) is 2.82. The second-order valence-corrected chi connectivity index (χ2v) is 8.42. The second-order valence-electron chi connectivity index (χ2n) is 8.42. The summed E-state index contributed by atoms with van der Waals surface area (Å²) < 4.78 is 15.6. The number of aryl methyl sites for hydroxylation is 2. The normalized spacial score (nSPS) is 13.2. The molecule has 3 rings (SSSR count). The van der Waals surface area contributed by atoms with Crippen molar-refractivity contribution < 1.29 is 9.50 Å². The van der Waals surface area contributed by atoms with Gasteiger partial charge in [-0.1, -0.05) is 69.7 Å². The standard InChI is InChI=1S/C28H35FN2O/c1-5-11-25(27(32)7-3)31-18-26-20(6-2)16-21(17-30-26)23-14-10-15-24(28(23)29)22-13-9-8-12-19(22)4/h8-10,12-17,25,27,31-32H,5-7,11,18H2,1-4H3/t25-,27+/m1/s1. The highest BCUT2D eigenvalue weighted by Crippen LogP contribution is 2.33. The molecular formula is C28H35FN2O. The molecule has 0 amide bonds. The van der Waals surface area contributed by atoms with E-state index >= 15 is 4.39 Å². The van der Waals surface area contributed by atoms with E-state index in [4.69, 9.17) is 4.98 Å². The highest BCUT2D eigenvalue weighted by Gasteiger charge is 2.18. The van der Waals surface area contributed by atoms with Gasteiger partial charge < -0.3 is 10.4 Å². The maximum Gasteiger partial charge on any atom is 0.138 e. The Bertz CT molecular complexity index is 1030. The molecule has 0 unspecified atom stereocenters. The van der Waals surface area contributed by atoms with Gasteiger partial charge in [-0.25, -0.2) is 4.39 Å². The lowest BCUT2D eigenvalue weighted by Gasteiger charge is -2.23. The molecule has 0 saturated carbocycles. The Morgan fingerprint density at radius 3 is 2.41 bits per heavy atom. The Kier molecular flexibility index (Phi) is 8.54. The summed E-state index contributed by atoms with van der Waals surface area (Å²) in [7, 11) is 0. The fraction of sp³-hybridized carbons (Fsp3) is 0.393. The highest BCUT2D eigenvalue weighted by molar-refractivity contribution is 5.75. The molecule has 0 fully saturated rings. The van der Waals surface area contributed by atoms with E-state index < -0.39 is 0 Å². The van der Waals surface area contributed by atoms with Crippen LogP contribution in [0.3, 0.4) is 0 Å². The van der Waals surface area contributed by atoms with Crippen LogP contribution in [-0.4, -0.2) is 22.2 Å². The third kappa shape index (κ3) is 5.43. The zero-order chi connectivity index (χ0) is 23.1. The van der Waals surface area contributed by atoms with Gasteiger partial charge in [0.15, 0.2) is 0 Å². The fourth-order valence-corrected chi connectivity index (χ4v) is 4.24. The Morgan fingerprint density at radius 2 is 1.72 bits per heavy atom. The van der Waals surface area contributed by atoms with E-state index in [0.29, 0.717) is 17.7 Å². The van der Waals surface area contributed by atoms with Crippen molar-refractivity contribution in [3.05, 3.63) is 77.4 Å². The summed E-state index contributed by atoms with van der Waals surface area (Å²) in [4.78, 5) is 4.69. The van der Waals surface area contributed by atoms with Crippen LogP contribution in [-0.2, 0) is 13.0 Å². The van der Waals surface area contributed by atoms with E-state index in [0.717, 1.165) is 53.6 Å². The lowest BCUT2D eigenvalue weighted by molar-refractivity contribution is 0.117. The summed E-state index contributed by atoms with van der Waals surface area (Å²) in [5.74, 6) is -0.217. The van der Waals surface area contributed by atoms with E-state index in [9.17, 15) is 5.11 Å². The van der Waals surface area contributed by atoms with E-state index in [-0.39, 0.29) is 18.0 Å². The molecule has 1 aromatic heterocycles. The largest absolute Gasteiger partial charge is 0.392 e. The van der Waals surface area contributed by atoms with Gasteiger partial charge in [0, 0.05) is 35.5 Å². The lowest BCUT2D eigenvalue weighted by atomic mass is 9.95. The van der Waals surface area contributed by atoms with E-state index in [2.05, 4.69) is 25.2 Å². The third-order valence-corrected chi connectivity index (χ3v) is 6.20. The molecular weight excluding hydrogens is 399 g/mol. The van der Waals surface area contributed by atoms with Crippen molar-refractivity contribution in [2.24, 2.45) is 0 Å². The molecule has 2 atom stereocenters. The number of aromatic nitrogens is 1. The summed E-state index contributed by atoms with van der Waals surface area (Å²) in [6, 6.07) is 15.5. The number of pyridine rings is 1. The topological polar surface area (TPSA) is 45.2 Å². The van der Waals surface area contributed by atoms with Crippen LogP contribution in [0.4, 0.5) is 4.39 Å². The Morgan fingerprint density at radius 1 is 1.00 bits per heavy atom. The molecule has 3 nitrogen and oxygen atoms in total. The Hall–Kier alpha value is -2.56. The number of aliphatic hydroxyl groups is 1. The van der Waals surface area contributed by atoms with Crippen molar-refractivity contribution in [1.29, 1.82) is 0 Å². The first-order valence-corrected chi connectivity index (χ1v) is 11.7. The number of rotatable bonds is 10. The highest BCUT2D eigenvalue weighted by atomic mass is 19.1. The molecule has 0 aliphatic rings. The molecule has 32 heavy (non-hydrogen) atoms. The SMILES string of the molecule is CCC[C@@H](NCc1ncc(-c2cccc(-c3ccccc3C)c2F)cc1CC)[C@@H](O)CC. The fourth-order valence-electron chi connectivity index (χ4n) is 4.24. The summed E-state index contributed by atoms with van der Waals surface area (Å²) in [6.45, 7) is 8.81. The van der Waals surface area contributed by atoms with Crippen LogP contribution in [0, 0.1) is 12.7 Å². The van der Waals surface area contributed by atoms with Gasteiger partial charge in [0.25, 0.3) is 0 Å². The van der Waals surface area contributed by atoms with E-state index in [1.807, 2.05) is 56.3 Å². The Balaban J connectivity index is 1.89. The van der Waals surface area contributed by atoms with Gasteiger partial charge in [0.2, 0.25) is 0 Å². The van der Waals surface area contributed by atoms with Crippen molar-refractivity contribution >= 4 is 0 Å². The lowest BCUT2D eigenvalue weighted by Crippen LogP contribution is -2.39. The number of benzene rings is 2. The van der Waals surface area contributed by atoms with Crippen LogP contribution in [0.2, 0.25) is 0 Å². The van der Waals surface area contributed by atoms with Gasteiger partial charge >= 0.3 is 0 Å². The first-order valence-electron chi connectivity index (χ1n) is 11.7. The number of nitrogens with one attached hydrogen (secondary N) is 1. The van der Waals surface area contributed by atoms with Crippen LogP contribution in [0.5, 0.6) is 0 Å². The minimum absolute atomic E-state index is 0.0550. The summed E-state index contributed by atoms with van der Waals surface area (Å²) >= 11 is 0. The zero-order valence-electron chi connectivity index (χ0n) is 19.7. The molecule has 0 bridgehead atoms. The minimum atomic E-state index is -0.363. The molecule has 170 valence electrons. The maximum atomic E-state index is 15.6. The molecule has 2 N–H and O–H groups in total. The van der Waals surface area contributed by atoms with Gasteiger partial charge in [-0.05, 0) is 48.9 Å². The first-order chi connectivity index (χ1) is 15.5. The van der Waals surface area contributed by atoms with Crippen LogP contribution in [0.1, 0.15) is 56.9 Å².